The lowest BCUT2D eigenvalue weighted by atomic mass is 9.97. The molecule has 136 valence electrons. The molecule has 2 aliphatic heterocycles. The number of thioether (sulfide) groups is 1. The summed E-state index contributed by atoms with van der Waals surface area (Å²) in [6.45, 7) is 5.11. The molecule has 25 heavy (non-hydrogen) atoms. The SMILES string of the molecule is CCSc1ccccc1NC(=O)N1CCCC(C(=O)N2CCCC2)C1. The van der Waals surface area contributed by atoms with E-state index in [1.807, 2.05) is 29.2 Å². The van der Waals surface area contributed by atoms with Crippen molar-refractivity contribution in [1.82, 2.24) is 9.80 Å². The largest absolute Gasteiger partial charge is 0.342 e. The van der Waals surface area contributed by atoms with Crippen LogP contribution in [0.2, 0.25) is 0 Å². The molecule has 0 saturated carbocycles. The second-order valence-corrected chi connectivity index (χ2v) is 7.98. The molecule has 6 heteroatoms. The van der Waals surface area contributed by atoms with Crippen LogP contribution in [0.5, 0.6) is 0 Å². The average Bonchev–Trinajstić information content (AvgIpc) is 3.18. The number of urea groups is 1. The molecular formula is C19H27N3O2S. The Labute approximate surface area is 154 Å². The minimum atomic E-state index is -0.0944. The van der Waals surface area contributed by atoms with E-state index >= 15 is 0 Å². The number of hydrogen-bond donors (Lipinski definition) is 1. The molecule has 3 amide bonds. The zero-order chi connectivity index (χ0) is 17.6. The molecule has 2 fully saturated rings. The van der Waals surface area contributed by atoms with E-state index in [9.17, 15) is 9.59 Å². The number of anilines is 1. The second kappa shape index (κ2) is 8.61. The smallest absolute Gasteiger partial charge is 0.321 e. The van der Waals surface area contributed by atoms with Gasteiger partial charge < -0.3 is 15.1 Å². The van der Waals surface area contributed by atoms with Crippen LogP contribution < -0.4 is 5.32 Å². The summed E-state index contributed by atoms with van der Waals surface area (Å²) >= 11 is 1.72. The summed E-state index contributed by atoms with van der Waals surface area (Å²) < 4.78 is 0. The summed E-state index contributed by atoms with van der Waals surface area (Å²) in [5.74, 6) is 1.15. The standard InChI is InChI=1S/C19H27N3O2S/c1-2-25-17-10-4-3-9-16(17)20-19(24)22-13-7-8-15(14-22)18(23)21-11-5-6-12-21/h3-4,9-10,15H,2,5-8,11-14H2,1H3,(H,20,24). The fourth-order valence-electron chi connectivity index (χ4n) is 3.60. The van der Waals surface area contributed by atoms with Gasteiger partial charge in [0, 0.05) is 31.1 Å². The number of amides is 3. The van der Waals surface area contributed by atoms with Gasteiger partial charge in [-0.25, -0.2) is 4.79 Å². The van der Waals surface area contributed by atoms with E-state index < -0.39 is 0 Å². The Bertz CT molecular complexity index is 616. The number of nitrogens with one attached hydrogen (secondary N) is 1. The van der Waals surface area contributed by atoms with Gasteiger partial charge in [-0.05, 0) is 43.6 Å². The molecule has 0 spiro atoms. The number of carbonyl (C=O) groups excluding carboxylic acids is 2. The summed E-state index contributed by atoms with van der Waals surface area (Å²) in [5, 5.41) is 3.04. The molecule has 0 radical (unpaired) electrons. The molecule has 0 bridgehead atoms. The number of carbonyl (C=O) groups is 2. The van der Waals surface area contributed by atoms with Gasteiger partial charge >= 0.3 is 6.03 Å². The van der Waals surface area contributed by atoms with E-state index in [0.717, 1.165) is 61.7 Å². The van der Waals surface area contributed by atoms with Gasteiger partial charge in [0.05, 0.1) is 11.6 Å². The van der Waals surface area contributed by atoms with Crippen LogP contribution in [0.3, 0.4) is 0 Å². The van der Waals surface area contributed by atoms with Crippen LogP contribution in [0, 0.1) is 5.92 Å². The highest BCUT2D eigenvalue weighted by Gasteiger charge is 2.32. The summed E-state index contributed by atoms with van der Waals surface area (Å²) in [4.78, 5) is 30.2. The molecular weight excluding hydrogens is 334 g/mol. The Morgan fingerprint density at radius 1 is 1.12 bits per heavy atom. The fraction of sp³-hybridized carbons (Fsp3) is 0.579. The van der Waals surface area contributed by atoms with Crippen LogP contribution in [0.25, 0.3) is 0 Å². The number of likely N-dealkylation sites (tertiary alicyclic amines) is 2. The van der Waals surface area contributed by atoms with E-state index in [0.29, 0.717) is 6.54 Å². The van der Waals surface area contributed by atoms with Crippen LogP contribution in [-0.4, -0.2) is 53.7 Å². The zero-order valence-corrected chi connectivity index (χ0v) is 15.7. The van der Waals surface area contributed by atoms with Gasteiger partial charge in [0.2, 0.25) is 5.91 Å². The van der Waals surface area contributed by atoms with E-state index in [2.05, 4.69) is 12.2 Å². The first-order valence-corrected chi connectivity index (χ1v) is 10.2. The van der Waals surface area contributed by atoms with Crippen molar-refractivity contribution < 1.29 is 9.59 Å². The van der Waals surface area contributed by atoms with Crippen molar-refractivity contribution in [3.8, 4) is 0 Å². The summed E-state index contributed by atoms with van der Waals surface area (Å²) in [7, 11) is 0. The van der Waals surface area contributed by atoms with E-state index in [1.54, 1.807) is 16.7 Å². The van der Waals surface area contributed by atoms with Crippen molar-refractivity contribution in [2.75, 3.05) is 37.2 Å². The second-order valence-electron chi connectivity index (χ2n) is 6.68. The Morgan fingerprint density at radius 2 is 1.84 bits per heavy atom. The molecule has 1 atom stereocenters. The lowest BCUT2D eigenvalue weighted by molar-refractivity contribution is -0.135. The highest BCUT2D eigenvalue weighted by Crippen LogP contribution is 2.28. The Morgan fingerprint density at radius 3 is 2.60 bits per heavy atom. The van der Waals surface area contributed by atoms with E-state index in [4.69, 9.17) is 0 Å². The molecule has 0 aliphatic carbocycles. The van der Waals surface area contributed by atoms with Crippen molar-refractivity contribution in [1.29, 1.82) is 0 Å². The van der Waals surface area contributed by atoms with Crippen molar-refractivity contribution in [2.24, 2.45) is 5.92 Å². The van der Waals surface area contributed by atoms with E-state index in [-0.39, 0.29) is 17.9 Å². The first-order valence-electron chi connectivity index (χ1n) is 9.25. The number of nitrogens with zero attached hydrogens (tertiary/aromatic N) is 2. The molecule has 2 aliphatic rings. The molecule has 1 N–H and O–H groups in total. The highest BCUT2D eigenvalue weighted by molar-refractivity contribution is 7.99. The van der Waals surface area contributed by atoms with Crippen molar-refractivity contribution in [3.05, 3.63) is 24.3 Å². The maximum atomic E-state index is 12.7. The van der Waals surface area contributed by atoms with E-state index in [1.165, 1.54) is 0 Å². The van der Waals surface area contributed by atoms with Crippen molar-refractivity contribution >= 4 is 29.4 Å². The first-order chi connectivity index (χ1) is 12.2. The third-order valence-corrected chi connectivity index (χ3v) is 5.86. The molecule has 3 rings (SSSR count). The molecule has 1 aromatic carbocycles. The molecule has 1 aromatic rings. The van der Waals surface area contributed by atoms with Crippen LogP contribution in [0.15, 0.2) is 29.2 Å². The average molecular weight is 362 g/mol. The van der Waals surface area contributed by atoms with Gasteiger partial charge in [-0.15, -0.1) is 11.8 Å². The third-order valence-electron chi connectivity index (χ3n) is 4.90. The first kappa shape index (κ1) is 18.1. The molecule has 5 nitrogen and oxygen atoms in total. The van der Waals surface area contributed by atoms with Crippen molar-refractivity contribution in [3.63, 3.8) is 0 Å². The number of para-hydroxylation sites is 1. The van der Waals surface area contributed by atoms with Crippen LogP contribution in [-0.2, 0) is 4.79 Å². The molecule has 2 heterocycles. The minimum absolute atomic E-state index is 0.0436. The molecule has 2 saturated heterocycles. The topological polar surface area (TPSA) is 52.7 Å². The number of hydrogen-bond acceptors (Lipinski definition) is 3. The Kier molecular flexibility index (Phi) is 6.24. The van der Waals surface area contributed by atoms with Gasteiger partial charge in [-0.1, -0.05) is 19.1 Å². The minimum Gasteiger partial charge on any atom is -0.342 e. The fourth-order valence-corrected chi connectivity index (χ4v) is 4.36. The third kappa shape index (κ3) is 4.48. The van der Waals surface area contributed by atoms with Crippen molar-refractivity contribution in [2.45, 2.75) is 37.5 Å². The van der Waals surface area contributed by atoms with Gasteiger partial charge in [0.1, 0.15) is 0 Å². The lowest BCUT2D eigenvalue weighted by Gasteiger charge is -2.34. The number of piperidine rings is 1. The monoisotopic (exact) mass is 361 g/mol. The predicted molar refractivity (Wildman–Crippen MR) is 102 cm³/mol. The van der Waals surface area contributed by atoms with Crippen LogP contribution in [0.4, 0.5) is 10.5 Å². The molecule has 1 unspecified atom stereocenters. The number of rotatable bonds is 4. The van der Waals surface area contributed by atoms with Gasteiger partial charge in [0.15, 0.2) is 0 Å². The van der Waals surface area contributed by atoms with Gasteiger partial charge in [0.25, 0.3) is 0 Å². The van der Waals surface area contributed by atoms with Gasteiger partial charge in [-0.2, -0.15) is 0 Å². The zero-order valence-electron chi connectivity index (χ0n) is 14.9. The van der Waals surface area contributed by atoms with Crippen LogP contribution >= 0.6 is 11.8 Å². The highest BCUT2D eigenvalue weighted by atomic mass is 32.2. The summed E-state index contributed by atoms with van der Waals surface area (Å²) in [5.41, 5.74) is 0.854. The molecule has 0 aromatic heterocycles. The Hall–Kier alpha value is -1.69. The maximum absolute atomic E-state index is 12.7. The summed E-state index contributed by atoms with van der Waals surface area (Å²) in [6, 6.07) is 7.79. The normalized spacial score (nSPS) is 20.6. The number of benzene rings is 1. The van der Waals surface area contributed by atoms with Crippen LogP contribution in [0.1, 0.15) is 32.6 Å². The maximum Gasteiger partial charge on any atom is 0.321 e. The predicted octanol–water partition coefficient (Wildman–Crippen LogP) is 3.66. The summed E-state index contributed by atoms with van der Waals surface area (Å²) in [6.07, 6.45) is 3.99. The lowest BCUT2D eigenvalue weighted by Crippen LogP contribution is -2.47. The Balaban J connectivity index is 1.61. The quantitative estimate of drug-likeness (QED) is 0.833. The van der Waals surface area contributed by atoms with Gasteiger partial charge in [-0.3, -0.25) is 4.79 Å².